The number of halogens is 1. The van der Waals surface area contributed by atoms with Gasteiger partial charge in [-0.15, -0.1) is 0 Å². The molecule has 0 aliphatic carbocycles. The number of alkyl halides is 1. The Kier molecular flexibility index (Phi) is 2.35. The first kappa shape index (κ1) is 7.16. The summed E-state index contributed by atoms with van der Waals surface area (Å²) in [7, 11) is 0. The highest BCUT2D eigenvalue weighted by Crippen LogP contribution is 1.96. The van der Waals surface area contributed by atoms with E-state index in [1.165, 1.54) is 0 Å². The molecule has 3 nitrogen and oxygen atoms in total. The molecule has 1 aromatic rings. The molecule has 0 radical (unpaired) electrons. The Morgan fingerprint density at radius 1 is 1.80 bits per heavy atom. The van der Waals surface area contributed by atoms with E-state index in [9.17, 15) is 0 Å². The second-order valence-corrected chi connectivity index (χ2v) is 2.20. The van der Waals surface area contributed by atoms with Crippen molar-refractivity contribution in [3.63, 3.8) is 0 Å². The molecule has 0 unspecified atom stereocenters. The van der Waals surface area contributed by atoms with Gasteiger partial charge in [-0.05, 0) is 5.92 Å². The zero-order valence-electron chi connectivity index (χ0n) is 5.19. The maximum absolute atomic E-state index is 5.33. The van der Waals surface area contributed by atoms with Crippen molar-refractivity contribution in [1.29, 1.82) is 0 Å². The Morgan fingerprint density at radius 3 is 3.10 bits per heavy atom. The molecule has 0 aliphatic rings. The Labute approximate surface area is 67.1 Å². The first-order valence-electron chi connectivity index (χ1n) is 2.68. The van der Waals surface area contributed by atoms with Gasteiger partial charge in [0, 0.05) is 6.07 Å². The first-order chi connectivity index (χ1) is 4.83. The molecule has 0 bridgehead atoms. The van der Waals surface area contributed by atoms with Crippen LogP contribution in [-0.2, 0) is 0 Å². The van der Waals surface area contributed by atoms with Crippen LogP contribution in [0.5, 0.6) is 0 Å². The first-order valence-corrected chi connectivity index (χ1v) is 3.81. The van der Waals surface area contributed by atoms with Crippen LogP contribution in [0.1, 0.15) is 5.69 Å². The number of nitrogens with two attached hydrogens (primary N) is 1. The van der Waals surface area contributed by atoms with Crippen molar-refractivity contribution in [2.24, 2.45) is 0 Å². The minimum absolute atomic E-state index is 0.471. The van der Waals surface area contributed by atoms with Gasteiger partial charge in [-0.3, -0.25) is 5.10 Å². The van der Waals surface area contributed by atoms with Gasteiger partial charge in [0.1, 0.15) is 11.5 Å². The standard InChI is InChI=1S/C6H6BrN3/c7-3-1-2-5-4-6(8)10-9-5/h4H,3H2,(H3,8,9,10). The van der Waals surface area contributed by atoms with E-state index in [1.54, 1.807) is 6.07 Å². The predicted molar refractivity (Wildman–Crippen MR) is 43.7 cm³/mol. The molecule has 0 saturated carbocycles. The molecule has 0 spiro atoms. The van der Waals surface area contributed by atoms with E-state index < -0.39 is 0 Å². The fraction of sp³-hybridized carbons (Fsp3) is 0.167. The third-order valence-corrected chi connectivity index (χ3v) is 1.17. The number of nitrogens with one attached hydrogen (secondary N) is 1. The molecule has 1 rings (SSSR count). The van der Waals surface area contributed by atoms with Crippen LogP contribution in [0.2, 0.25) is 0 Å². The monoisotopic (exact) mass is 199 g/mol. The van der Waals surface area contributed by atoms with E-state index in [2.05, 4.69) is 38.0 Å². The van der Waals surface area contributed by atoms with E-state index in [1.807, 2.05) is 0 Å². The third-order valence-electron chi connectivity index (χ3n) is 0.888. The number of nitrogen functional groups attached to an aromatic ring is 1. The summed E-state index contributed by atoms with van der Waals surface area (Å²) in [6, 6.07) is 1.69. The van der Waals surface area contributed by atoms with Crippen LogP contribution in [-0.4, -0.2) is 15.5 Å². The topological polar surface area (TPSA) is 54.7 Å². The van der Waals surface area contributed by atoms with Gasteiger partial charge >= 0.3 is 0 Å². The van der Waals surface area contributed by atoms with Crippen molar-refractivity contribution in [2.75, 3.05) is 11.1 Å². The van der Waals surface area contributed by atoms with Crippen LogP contribution in [0.4, 0.5) is 5.82 Å². The van der Waals surface area contributed by atoms with Gasteiger partial charge in [-0.1, -0.05) is 21.9 Å². The van der Waals surface area contributed by atoms with Gasteiger partial charge < -0.3 is 5.73 Å². The molecule has 3 N–H and O–H groups in total. The third kappa shape index (κ3) is 1.78. The lowest BCUT2D eigenvalue weighted by Gasteiger charge is -1.73. The van der Waals surface area contributed by atoms with Crippen LogP contribution in [0.15, 0.2) is 6.07 Å². The fourth-order valence-corrected chi connectivity index (χ4v) is 0.670. The SMILES string of the molecule is Nc1cc(C#CCBr)[nH]n1. The quantitative estimate of drug-likeness (QED) is 0.479. The number of nitrogens with zero attached hydrogens (tertiary/aromatic N) is 1. The van der Waals surface area contributed by atoms with E-state index in [0.29, 0.717) is 11.1 Å². The molecule has 0 aliphatic heterocycles. The largest absolute Gasteiger partial charge is 0.382 e. The van der Waals surface area contributed by atoms with Gasteiger partial charge in [-0.2, -0.15) is 5.10 Å². The van der Waals surface area contributed by atoms with Gasteiger partial charge in [0.15, 0.2) is 0 Å². The minimum Gasteiger partial charge on any atom is -0.382 e. The molecule has 0 fully saturated rings. The van der Waals surface area contributed by atoms with Gasteiger partial charge in [0.05, 0.1) is 5.33 Å². The van der Waals surface area contributed by atoms with E-state index in [4.69, 9.17) is 5.73 Å². The fourth-order valence-electron chi connectivity index (χ4n) is 0.530. The molecule has 1 heterocycles. The summed E-state index contributed by atoms with van der Waals surface area (Å²) in [4.78, 5) is 0. The van der Waals surface area contributed by atoms with E-state index in [-0.39, 0.29) is 0 Å². The Bertz CT molecular complexity index is 268. The number of anilines is 1. The zero-order valence-corrected chi connectivity index (χ0v) is 6.77. The molecule has 52 valence electrons. The number of rotatable bonds is 0. The van der Waals surface area contributed by atoms with Crippen LogP contribution in [0.25, 0.3) is 0 Å². The van der Waals surface area contributed by atoms with Gasteiger partial charge in [-0.25, -0.2) is 0 Å². The Balaban J connectivity index is 2.76. The molecule has 0 amide bonds. The summed E-state index contributed by atoms with van der Waals surface area (Å²) < 4.78 is 0. The summed E-state index contributed by atoms with van der Waals surface area (Å²) in [5.41, 5.74) is 6.08. The minimum atomic E-state index is 0.471. The number of aromatic amines is 1. The number of hydrogen-bond donors (Lipinski definition) is 2. The highest BCUT2D eigenvalue weighted by atomic mass is 79.9. The summed E-state index contributed by atoms with van der Waals surface area (Å²) in [6.45, 7) is 0. The number of H-pyrrole nitrogens is 1. The number of hydrogen-bond acceptors (Lipinski definition) is 2. The van der Waals surface area contributed by atoms with Crippen LogP contribution >= 0.6 is 15.9 Å². The smallest absolute Gasteiger partial charge is 0.146 e. The second-order valence-electron chi connectivity index (χ2n) is 1.64. The lowest BCUT2D eigenvalue weighted by molar-refractivity contribution is 1.08. The molecule has 1 aromatic heterocycles. The summed E-state index contributed by atoms with van der Waals surface area (Å²) >= 11 is 3.17. The van der Waals surface area contributed by atoms with Crippen LogP contribution < -0.4 is 5.73 Å². The molecule has 0 atom stereocenters. The molecule has 4 heteroatoms. The van der Waals surface area contributed by atoms with Crippen molar-refractivity contribution in [3.05, 3.63) is 11.8 Å². The lowest BCUT2D eigenvalue weighted by atomic mass is 10.4. The highest BCUT2D eigenvalue weighted by Gasteiger charge is 1.89. The normalized spacial score (nSPS) is 8.50. The number of aromatic nitrogens is 2. The van der Waals surface area contributed by atoms with Gasteiger partial charge in [0.2, 0.25) is 0 Å². The van der Waals surface area contributed by atoms with Crippen LogP contribution in [0.3, 0.4) is 0 Å². The van der Waals surface area contributed by atoms with Crippen molar-refractivity contribution in [2.45, 2.75) is 0 Å². The summed E-state index contributed by atoms with van der Waals surface area (Å²) in [5, 5.41) is 7.03. The van der Waals surface area contributed by atoms with Crippen molar-refractivity contribution in [3.8, 4) is 11.8 Å². The van der Waals surface area contributed by atoms with E-state index >= 15 is 0 Å². The molecular formula is C6H6BrN3. The maximum Gasteiger partial charge on any atom is 0.146 e. The summed E-state index contributed by atoms with van der Waals surface area (Å²) in [5.74, 6) is 6.11. The average molecular weight is 200 g/mol. The zero-order chi connectivity index (χ0) is 7.40. The summed E-state index contributed by atoms with van der Waals surface area (Å²) in [6.07, 6.45) is 0. The van der Waals surface area contributed by atoms with E-state index in [0.717, 1.165) is 5.69 Å². The Hall–Kier alpha value is -0.950. The van der Waals surface area contributed by atoms with Crippen LogP contribution in [0, 0.1) is 11.8 Å². The molecule has 10 heavy (non-hydrogen) atoms. The van der Waals surface area contributed by atoms with Crippen molar-refractivity contribution < 1.29 is 0 Å². The molecular weight excluding hydrogens is 194 g/mol. The molecule has 0 aromatic carbocycles. The lowest BCUT2D eigenvalue weighted by Crippen LogP contribution is -1.81. The molecule has 0 saturated heterocycles. The Morgan fingerprint density at radius 2 is 2.60 bits per heavy atom. The second kappa shape index (κ2) is 3.28. The van der Waals surface area contributed by atoms with Crippen molar-refractivity contribution in [1.82, 2.24) is 10.2 Å². The highest BCUT2D eigenvalue weighted by molar-refractivity contribution is 9.09. The van der Waals surface area contributed by atoms with Crippen molar-refractivity contribution >= 4 is 21.7 Å². The van der Waals surface area contributed by atoms with Gasteiger partial charge in [0.25, 0.3) is 0 Å². The average Bonchev–Trinajstić information content (AvgIpc) is 2.31. The maximum atomic E-state index is 5.33. The predicted octanol–water partition coefficient (Wildman–Crippen LogP) is 0.738.